The summed E-state index contributed by atoms with van der Waals surface area (Å²) in [6.45, 7) is 0.435. The predicted octanol–water partition coefficient (Wildman–Crippen LogP) is 4.09. The fourth-order valence-electron chi connectivity index (χ4n) is 3.32. The Bertz CT molecular complexity index is 968. The van der Waals surface area contributed by atoms with E-state index < -0.39 is 0 Å². The minimum Gasteiger partial charge on any atom is -0.484 e. The monoisotopic (exact) mass is 381 g/mol. The molecule has 0 saturated carbocycles. The van der Waals surface area contributed by atoms with Crippen molar-refractivity contribution in [1.29, 1.82) is 0 Å². The van der Waals surface area contributed by atoms with Crippen molar-refractivity contribution < 1.29 is 9.53 Å². The SMILES string of the molecule is O=C(COc1ccc2c(c1)CCC2)Nc1ccnn1Cc1ccccc1Cl. The number of carbonyl (C=O) groups is 1. The maximum Gasteiger partial charge on any atom is 0.263 e. The van der Waals surface area contributed by atoms with Gasteiger partial charge < -0.3 is 10.1 Å². The Morgan fingerprint density at radius 2 is 2.00 bits per heavy atom. The van der Waals surface area contributed by atoms with E-state index in [2.05, 4.69) is 16.5 Å². The van der Waals surface area contributed by atoms with Gasteiger partial charge >= 0.3 is 0 Å². The number of nitrogens with one attached hydrogen (secondary N) is 1. The van der Waals surface area contributed by atoms with E-state index in [0.717, 1.165) is 24.2 Å². The Hall–Kier alpha value is -2.79. The molecule has 4 rings (SSSR count). The summed E-state index contributed by atoms with van der Waals surface area (Å²) in [5.41, 5.74) is 3.65. The first kappa shape index (κ1) is 17.6. The first-order valence-corrected chi connectivity index (χ1v) is 9.36. The molecule has 0 bridgehead atoms. The molecule has 0 atom stereocenters. The summed E-state index contributed by atoms with van der Waals surface area (Å²) in [6, 6.07) is 15.4. The Labute approximate surface area is 162 Å². The zero-order chi connectivity index (χ0) is 18.6. The van der Waals surface area contributed by atoms with Gasteiger partial charge in [-0.15, -0.1) is 0 Å². The molecule has 0 spiro atoms. The van der Waals surface area contributed by atoms with E-state index >= 15 is 0 Å². The van der Waals surface area contributed by atoms with E-state index in [1.807, 2.05) is 36.4 Å². The van der Waals surface area contributed by atoms with Crippen molar-refractivity contribution in [3.8, 4) is 5.75 Å². The smallest absolute Gasteiger partial charge is 0.263 e. The lowest BCUT2D eigenvalue weighted by Crippen LogP contribution is -2.22. The topological polar surface area (TPSA) is 56.1 Å². The average Bonchev–Trinajstić information content (AvgIpc) is 3.31. The molecule has 0 aliphatic heterocycles. The third-order valence-corrected chi connectivity index (χ3v) is 5.07. The van der Waals surface area contributed by atoms with Gasteiger partial charge in [-0.3, -0.25) is 4.79 Å². The molecule has 0 fully saturated rings. The Morgan fingerprint density at radius 3 is 2.89 bits per heavy atom. The van der Waals surface area contributed by atoms with Gasteiger partial charge in [-0.25, -0.2) is 4.68 Å². The highest BCUT2D eigenvalue weighted by molar-refractivity contribution is 6.31. The van der Waals surface area contributed by atoms with Crippen LogP contribution in [-0.2, 0) is 24.2 Å². The van der Waals surface area contributed by atoms with Crippen LogP contribution in [0.2, 0.25) is 5.02 Å². The Morgan fingerprint density at radius 1 is 1.15 bits per heavy atom. The van der Waals surface area contributed by atoms with Crippen molar-refractivity contribution in [2.24, 2.45) is 0 Å². The number of hydrogen-bond acceptors (Lipinski definition) is 3. The molecule has 0 unspecified atom stereocenters. The quantitative estimate of drug-likeness (QED) is 0.699. The van der Waals surface area contributed by atoms with E-state index in [9.17, 15) is 4.79 Å². The molecule has 3 aromatic rings. The van der Waals surface area contributed by atoms with Gasteiger partial charge in [-0.2, -0.15) is 5.10 Å². The van der Waals surface area contributed by atoms with Crippen LogP contribution in [-0.4, -0.2) is 22.3 Å². The number of amides is 1. The second kappa shape index (κ2) is 7.84. The van der Waals surface area contributed by atoms with Crippen LogP contribution in [0.1, 0.15) is 23.1 Å². The number of fused-ring (bicyclic) bond motifs is 1. The van der Waals surface area contributed by atoms with E-state index in [-0.39, 0.29) is 12.5 Å². The molecule has 2 aromatic carbocycles. The maximum atomic E-state index is 12.3. The summed E-state index contributed by atoms with van der Waals surface area (Å²) in [4.78, 5) is 12.3. The number of carbonyl (C=O) groups excluding carboxylic acids is 1. The van der Waals surface area contributed by atoms with Crippen LogP contribution in [0.15, 0.2) is 54.7 Å². The first-order valence-electron chi connectivity index (χ1n) is 8.99. The van der Waals surface area contributed by atoms with E-state index in [1.165, 1.54) is 17.5 Å². The van der Waals surface area contributed by atoms with Crippen molar-refractivity contribution >= 4 is 23.3 Å². The highest BCUT2D eigenvalue weighted by atomic mass is 35.5. The second-order valence-corrected chi connectivity index (χ2v) is 6.99. The van der Waals surface area contributed by atoms with Gasteiger partial charge in [0.15, 0.2) is 6.61 Å². The minimum absolute atomic E-state index is 0.0456. The van der Waals surface area contributed by atoms with Crippen molar-refractivity contribution in [3.63, 3.8) is 0 Å². The van der Waals surface area contributed by atoms with Crippen LogP contribution in [0.3, 0.4) is 0 Å². The van der Waals surface area contributed by atoms with Crippen molar-refractivity contribution in [3.05, 3.63) is 76.4 Å². The lowest BCUT2D eigenvalue weighted by atomic mass is 10.1. The number of hydrogen-bond donors (Lipinski definition) is 1. The molecule has 0 radical (unpaired) electrons. The zero-order valence-electron chi connectivity index (χ0n) is 14.8. The summed E-state index contributed by atoms with van der Waals surface area (Å²) < 4.78 is 7.36. The number of aryl methyl sites for hydroxylation is 2. The van der Waals surface area contributed by atoms with Crippen LogP contribution in [0.5, 0.6) is 5.75 Å². The van der Waals surface area contributed by atoms with Crippen molar-refractivity contribution in [2.45, 2.75) is 25.8 Å². The molecular weight excluding hydrogens is 362 g/mol. The average molecular weight is 382 g/mol. The first-order chi connectivity index (χ1) is 13.2. The lowest BCUT2D eigenvalue weighted by Gasteiger charge is -2.11. The van der Waals surface area contributed by atoms with Crippen LogP contribution >= 0.6 is 11.6 Å². The van der Waals surface area contributed by atoms with Crippen LogP contribution in [0, 0.1) is 0 Å². The molecule has 1 amide bonds. The lowest BCUT2D eigenvalue weighted by molar-refractivity contribution is -0.118. The standard InChI is InChI=1S/C21H20ClN3O2/c22-19-7-2-1-4-17(19)13-25-20(10-11-23-25)24-21(26)14-27-18-9-8-15-5-3-6-16(15)12-18/h1-2,4,7-12H,3,5-6,13-14H2,(H,24,26). The number of halogens is 1. The number of aromatic nitrogens is 2. The zero-order valence-corrected chi connectivity index (χ0v) is 15.6. The molecule has 6 heteroatoms. The molecule has 1 heterocycles. The molecule has 1 aliphatic rings. The molecule has 27 heavy (non-hydrogen) atoms. The van der Waals surface area contributed by atoms with Gasteiger partial charge in [-0.1, -0.05) is 35.9 Å². The maximum absolute atomic E-state index is 12.3. The highest BCUT2D eigenvalue weighted by Crippen LogP contribution is 2.26. The molecular formula is C21H20ClN3O2. The van der Waals surface area contributed by atoms with Crippen LogP contribution in [0.25, 0.3) is 0 Å². The number of rotatable bonds is 6. The fraction of sp³-hybridized carbons (Fsp3) is 0.238. The summed E-state index contributed by atoms with van der Waals surface area (Å²) in [5, 5.41) is 7.78. The molecule has 1 aliphatic carbocycles. The summed E-state index contributed by atoms with van der Waals surface area (Å²) in [6.07, 6.45) is 5.05. The number of ether oxygens (including phenoxy) is 1. The minimum atomic E-state index is -0.226. The summed E-state index contributed by atoms with van der Waals surface area (Å²) in [5.74, 6) is 1.12. The van der Waals surface area contributed by atoms with Crippen LogP contribution < -0.4 is 10.1 Å². The highest BCUT2D eigenvalue weighted by Gasteiger charge is 2.13. The number of anilines is 1. The van der Waals surface area contributed by atoms with E-state index in [1.54, 1.807) is 16.9 Å². The van der Waals surface area contributed by atoms with Gasteiger partial charge in [0.1, 0.15) is 11.6 Å². The fourth-order valence-corrected chi connectivity index (χ4v) is 3.51. The largest absolute Gasteiger partial charge is 0.484 e. The van der Waals surface area contributed by atoms with Crippen LogP contribution in [0.4, 0.5) is 5.82 Å². The van der Waals surface area contributed by atoms with E-state index in [4.69, 9.17) is 16.3 Å². The predicted molar refractivity (Wildman–Crippen MR) is 105 cm³/mol. The Kier molecular flexibility index (Phi) is 5.12. The molecule has 0 saturated heterocycles. The molecule has 1 N–H and O–H groups in total. The summed E-state index contributed by atoms with van der Waals surface area (Å²) in [7, 11) is 0. The molecule has 1 aromatic heterocycles. The van der Waals surface area contributed by atoms with Crippen molar-refractivity contribution in [1.82, 2.24) is 9.78 Å². The Balaban J connectivity index is 1.36. The third kappa shape index (κ3) is 4.14. The third-order valence-electron chi connectivity index (χ3n) is 4.70. The molecule has 138 valence electrons. The second-order valence-electron chi connectivity index (χ2n) is 6.59. The van der Waals surface area contributed by atoms with Gasteiger partial charge in [0.25, 0.3) is 5.91 Å². The van der Waals surface area contributed by atoms with E-state index in [0.29, 0.717) is 17.4 Å². The normalized spacial score (nSPS) is 12.6. The van der Waals surface area contributed by atoms with Gasteiger partial charge in [-0.05, 0) is 54.2 Å². The number of benzene rings is 2. The van der Waals surface area contributed by atoms with Gasteiger partial charge in [0.05, 0.1) is 12.7 Å². The van der Waals surface area contributed by atoms with Gasteiger partial charge in [0, 0.05) is 11.1 Å². The molecule has 5 nitrogen and oxygen atoms in total. The van der Waals surface area contributed by atoms with Crippen molar-refractivity contribution in [2.75, 3.05) is 11.9 Å². The number of nitrogens with zero attached hydrogens (tertiary/aromatic N) is 2. The summed E-state index contributed by atoms with van der Waals surface area (Å²) >= 11 is 6.21. The van der Waals surface area contributed by atoms with Gasteiger partial charge in [0.2, 0.25) is 0 Å².